The third-order valence-electron chi connectivity index (χ3n) is 1.27. The lowest BCUT2D eigenvalue weighted by atomic mass is 10.4. The molecule has 0 unspecified atom stereocenters. The summed E-state index contributed by atoms with van der Waals surface area (Å²) in [6, 6.07) is 0. The molecule has 1 rings (SSSR count). The number of aryl methyl sites for hydroxylation is 2. The summed E-state index contributed by atoms with van der Waals surface area (Å²) in [4.78, 5) is 0. The zero-order chi connectivity index (χ0) is 12.7. The van der Waals surface area contributed by atoms with E-state index in [-0.39, 0.29) is 7.43 Å². The Morgan fingerprint density at radius 2 is 1.44 bits per heavy atom. The summed E-state index contributed by atoms with van der Waals surface area (Å²) < 4.78 is 1.83. The molecule has 0 aromatic carbocycles. The van der Waals surface area contributed by atoms with Crippen LogP contribution in [0.2, 0.25) is 0 Å². The Morgan fingerprint density at radius 3 is 1.62 bits per heavy atom. The Balaban J connectivity index is -0.0000000900. The van der Waals surface area contributed by atoms with Gasteiger partial charge in [0, 0.05) is 12.7 Å². The van der Waals surface area contributed by atoms with Crippen molar-refractivity contribution >= 4 is 0 Å². The van der Waals surface area contributed by atoms with Crippen molar-refractivity contribution in [3.05, 3.63) is 11.9 Å². The molecule has 0 saturated carbocycles. The fraction of sp³-hybridized carbons (Fsp3) is 0.846. The van der Waals surface area contributed by atoms with Gasteiger partial charge in [-0.15, -0.1) is 5.10 Å². The minimum atomic E-state index is 0. The predicted octanol–water partition coefficient (Wildman–Crippen LogP) is 4.58. The number of aromatic nitrogens is 3. The van der Waals surface area contributed by atoms with Crippen molar-refractivity contribution in [3.8, 4) is 0 Å². The molecule has 3 nitrogen and oxygen atoms in total. The van der Waals surface area contributed by atoms with Crippen molar-refractivity contribution in [2.24, 2.45) is 0 Å². The topological polar surface area (TPSA) is 30.7 Å². The highest BCUT2D eigenvalue weighted by Gasteiger charge is 1.92. The zero-order valence-electron chi connectivity index (χ0n) is 11.8. The van der Waals surface area contributed by atoms with Gasteiger partial charge in [0.25, 0.3) is 0 Å². The minimum Gasteiger partial charge on any atom is -0.253 e. The molecule has 1 aromatic rings. The summed E-state index contributed by atoms with van der Waals surface area (Å²) in [5.41, 5.74) is 1.07. The first kappa shape index (κ1) is 24.4. The molecule has 0 spiro atoms. The molecule has 16 heavy (non-hydrogen) atoms. The lowest BCUT2D eigenvalue weighted by molar-refractivity contribution is 0.626. The molecular formula is C13H33N3. The molecule has 0 aliphatic rings. The molecule has 0 aliphatic heterocycles. The van der Waals surface area contributed by atoms with Crippen LogP contribution in [0.25, 0.3) is 0 Å². The van der Waals surface area contributed by atoms with Gasteiger partial charge >= 0.3 is 0 Å². The molecular weight excluding hydrogens is 198 g/mol. The highest BCUT2D eigenvalue weighted by Crippen LogP contribution is 1.91. The van der Waals surface area contributed by atoms with Gasteiger partial charge in [-0.2, -0.15) is 0 Å². The zero-order valence-corrected chi connectivity index (χ0v) is 11.8. The Bertz CT molecular complexity index is 165. The molecule has 1 heterocycles. The average molecular weight is 231 g/mol. The Labute approximate surface area is 103 Å². The van der Waals surface area contributed by atoms with E-state index in [4.69, 9.17) is 0 Å². The molecule has 0 fully saturated rings. The fourth-order valence-corrected chi connectivity index (χ4v) is 0.655. The maximum atomic E-state index is 3.92. The Kier molecular flexibility index (Phi) is 36.2. The van der Waals surface area contributed by atoms with Gasteiger partial charge < -0.3 is 0 Å². The van der Waals surface area contributed by atoms with Crippen LogP contribution in [0.3, 0.4) is 0 Å². The van der Waals surface area contributed by atoms with E-state index < -0.39 is 0 Å². The molecule has 100 valence electrons. The first-order valence-corrected chi connectivity index (χ1v) is 6.25. The fourth-order valence-electron chi connectivity index (χ4n) is 0.655. The van der Waals surface area contributed by atoms with E-state index in [0.29, 0.717) is 0 Å². The van der Waals surface area contributed by atoms with Crippen LogP contribution in [0.15, 0.2) is 6.20 Å². The number of rotatable bonds is 2. The van der Waals surface area contributed by atoms with Gasteiger partial charge in [0.15, 0.2) is 0 Å². The third kappa shape index (κ3) is 13.1. The number of hydrogen-bond acceptors (Lipinski definition) is 2. The van der Waals surface area contributed by atoms with Crippen molar-refractivity contribution < 1.29 is 0 Å². The van der Waals surface area contributed by atoms with Gasteiger partial charge in [0.1, 0.15) is 0 Å². The molecule has 0 N–H and O–H groups in total. The molecule has 0 amide bonds. The molecule has 0 radical (unpaired) electrons. The third-order valence-corrected chi connectivity index (χ3v) is 1.27. The maximum absolute atomic E-state index is 3.92. The maximum Gasteiger partial charge on any atom is 0.0824 e. The van der Waals surface area contributed by atoms with Gasteiger partial charge in [-0.05, 0) is 13.3 Å². The van der Waals surface area contributed by atoms with Crippen LogP contribution in [0.1, 0.15) is 68.5 Å². The predicted molar refractivity (Wildman–Crippen MR) is 75.8 cm³/mol. The first-order chi connectivity index (χ1) is 7.36. The lowest BCUT2D eigenvalue weighted by Gasteiger charge is -1.86. The molecule has 0 saturated heterocycles. The van der Waals surface area contributed by atoms with E-state index >= 15 is 0 Å². The highest BCUT2D eigenvalue weighted by atomic mass is 15.4. The number of nitrogens with zero attached hydrogens (tertiary/aromatic N) is 3. The van der Waals surface area contributed by atoms with Crippen molar-refractivity contribution in [1.82, 2.24) is 15.0 Å². The summed E-state index contributed by atoms with van der Waals surface area (Å²) in [5, 5.41) is 7.79. The van der Waals surface area contributed by atoms with Crippen LogP contribution in [-0.2, 0) is 13.0 Å². The molecule has 0 aliphatic carbocycles. The van der Waals surface area contributed by atoms with Crippen molar-refractivity contribution in [2.45, 2.75) is 75.8 Å². The molecule has 0 bridgehead atoms. The normalized spacial score (nSPS) is 6.75. The SMILES string of the molecule is C.CC.CC.CC.CCc1cn(CC)nn1. The van der Waals surface area contributed by atoms with Gasteiger partial charge in [-0.25, -0.2) is 0 Å². The van der Waals surface area contributed by atoms with E-state index in [9.17, 15) is 0 Å². The summed E-state index contributed by atoms with van der Waals surface area (Å²) in [6.45, 7) is 17.0. The van der Waals surface area contributed by atoms with Crippen molar-refractivity contribution in [3.63, 3.8) is 0 Å². The van der Waals surface area contributed by atoms with Crippen molar-refractivity contribution in [2.75, 3.05) is 0 Å². The summed E-state index contributed by atoms with van der Waals surface area (Å²) in [5.74, 6) is 0. The second-order valence-electron chi connectivity index (χ2n) is 1.92. The smallest absolute Gasteiger partial charge is 0.0824 e. The lowest BCUT2D eigenvalue weighted by Crippen LogP contribution is -1.93. The molecule has 3 heteroatoms. The minimum absolute atomic E-state index is 0. The van der Waals surface area contributed by atoms with Gasteiger partial charge in [-0.3, -0.25) is 4.68 Å². The van der Waals surface area contributed by atoms with Crippen LogP contribution in [0.4, 0.5) is 0 Å². The van der Waals surface area contributed by atoms with Crippen LogP contribution in [0, 0.1) is 0 Å². The summed E-state index contributed by atoms with van der Waals surface area (Å²) >= 11 is 0. The molecule has 1 aromatic heterocycles. The van der Waals surface area contributed by atoms with E-state index in [1.807, 2.05) is 59.3 Å². The van der Waals surface area contributed by atoms with E-state index in [0.717, 1.165) is 18.7 Å². The average Bonchev–Trinajstić information content (AvgIpc) is 2.84. The molecule has 0 atom stereocenters. The largest absolute Gasteiger partial charge is 0.253 e. The van der Waals surface area contributed by atoms with Gasteiger partial charge in [-0.1, -0.05) is 61.1 Å². The number of hydrogen-bond donors (Lipinski definition) is 0. The van der Waals surface area contributed by atoms with Gasteiger partial charge in [0.2, 0.25) is 0 Å². The second kappa shape index (κ2) is 23.7. The standard InChI is InChI=1S/C6H11N3.3C2H6.CH4/c1-3-6-5-9(4-2)8-7-6;3*1-2;/h5H,3-4H2,1-2H3;3*1-2H3;1H4. The van der Waals surface area contributed by atoms with Crippen LogP contribution in [0.5, 0.6) is 0 Å². The van der Waals surface area contributed by atoms with Crippen molar-refractivity contribution in [1.29, 1.82) is 0 Å². The Hall–Kier alpha value is -0.860. The highest BCUT2D eigenvalue weighted by molar-refractivity contribution is 4.90. The first-order valence-electron chi connectivity index (χ1n) is 6.25. The van der Waals surface area contributed by atoms with Crippen LogP contribution < -0.4 is 0 Å². The van der Waals surface area contributed by atoms with E-state index in [1.54, 1.807) is 0 Å². The monoisotopic (exact) mass is 231 g/mol. The van der Waals surface area contributed by atoms with Crippen LogP contribution in [-0.4, -0.2) is 15.0 Å². The second-order valence-corrected chi connectivity index (χ2v) is 1.92. The van der Waals surface area contributed by atoms with Gasteiger partial charge in [0.05, 0.1) is 5.69 Å². The summed E-state index contributed by atoms with van der Waals surface area (Å²) in [7, 11) is 0. The van der Waals surface area contributed by atoms with Crippen LogP contribution >= 0.6 is 0 Å². The van der Waals surface area contributed by atoms with E-state index in [1.165, 1.54) is 0 Å². The Morgan fingerprint density at radius 1 is 1.00 bits per heavy atom. The van der Waals surface area contributed by atoms with E-state index in [2.05, 4.69) is 17.2 Å². The summed E-state index contributed by atoms with van der Waals surface area (Å²) in [6.07, 6.45) is 2.94. The quantitative estimate of drug-likeness (QED) is 0.746.